The number of H-pyrrole nitrogens is 1. The average Bonchev–Trinajstić information content (AvgIpc) is 2.08. The van der Waals surface area contributed by atoms with Crippen LogP contribution in [0, 0.1) is 12.3 Å². The Hall–Kier alpha value is -1.65. The zero-order chi connectivity index (χ0) is 13.2. The number of carboxylic acid groups (broad SMARTS) is 1. The van der Waals surface area contributed by atoms with Crippen LogP contribution in [0.3, 0.4) is 0 Å². The first-order valence-corrected chi connectivity index (χ1v) is 5.49. The summed E-state index contributed by atoms with van der Waals surface area (Å²) in [6, 6.07) is 0. The quantitative estimate of drug-likeness (QED) is 0.831. The first-order chi connectivity index (χ1) is 7.69. The Morgan fingerprint density at radius 2 is 2.00 bits per heavy atom. The molecule has 0 aromatic carbocycles. The Balaban J connectivity index is 3.10. The van der Waals surface area contributed by atoms with Gasteiger partial charge in [0.15, 0.2) is 0 Å². The van der Waals surface area contributed by atoms with E-state index in [-0.39, 0.29) is 23.0 Å². The monoisotopic (exact) mass is 238 g/mol. The van der Waals surface area contributed by atoms with Crippen molar-refractivity contribution in [3.05, 3.63) is 27.4 Å². The van der Waals surface area contributed by atoms with Crippen LogP contribution in [0.1, 0.15) is 37.9 Å². The van der Waals surface area contributed by atoms with Crippen LogP contribution < -0.4 is 5.56 Å². The summed E-state index contributed by atoms with van der Waals surface area (Å²) in [5, 5.41) is 8.69. The number of rotatable bonds is 3. The van der Waals surface area contributed by atoms with Gasteiger partial charge < -0.3 is 10.1 Å². The van der Waals surface area contributed by atoms with E-state index in [1.807, 2.05) is 20.8 Å². The molecular weight excluding hydrogens is 220 g/mol. The van der Waals surface area contributed by atoms with Crippen molar-refractivity contribution < 1.29 is 9.90 Å². The minimum atomic E-state index is -1.02. The van der Waals surface area contributed by atoms with Gasteiger partial charge in [-0.15, -0.1) is 0 Å². The van der Waals surface area contributed by atoms with Crippen LogP contribution >= 0.6 is 0 Å². The molecule has 1 aromatic heterocycles. The fourth-order valence-electron chi connectivity index (χ4n) is 1.61. The van der Waals surface area contributed by atoms with Gasteiger partial charge in [-0.2, -0.15) is 0 Å². The number of carbonyl (C=O) groups is 1. The number of nitrogens with one attached hydrogen (secondary N) is 1. The van der Waals surface area contributed by atoms with E-state index in [0.29, 0.717) is 17.9 Å². The van der Waals surface area contributed by atoms with E-state index in [4.69, 9.17) is 5.11 Å². The van der Waals surface area contributed by atoms with Gasteiger partial charge in [0.2, 0.25) is 0 Å². The normalized spacial score (nSPS) is 11.5. The van der Waals surface area contributed by atoms with Gasteiger partial charge in [-0.3, -0.25) is 9.59 Å². The van der Waals surface area contributed by atoms with Crippen molar-refractivity contribution in [3.63, 3.8) is 0 Å². The van der Waals surface area contributed by atoms with Gasteiger partial charge in [-0.1, -0.05) is 20.8 Å². The number of aliphatic carboxylic acids is 1. The van der Waals surface area contributed by atoms with Crippen molar-refractivity contribution in [2.45, 2.75) is 40.5 Å². The highest BCUT2D eigenvalue weighted by atomic mass is 16.4. The summed E-state index contributed by atoms with van der Waals surface area (Å²) in [5.41, 5.74) is 0.404. The predicted octanol–water partition coefficient (Wildman–Crippen LogP) is 1.29. The molecule has 0 saturated heterocycles. The maximum atomic E-state index is 11.7. The molecule has 94 valence electrons. The van der Waals surface area contributed by atoms with Crippen LogP contribution in [-0.4, -0.2) is 21.0 Å². The summed E-state index contributed by atoms with van der Waals surface area (Å²) in [7, 11) is 0. The summed E-state index contributed by atoms with van der Waals surface area (Å²) in [6.45, 7) is 7.81. The number of hydrogen-bond acceptors (Lipinski definition) is 3. The Labute approximate surface area is 99.9 Å². The molecule has 2 N–H and O–H groups in total. The molecule has 5 nitrogen and oxygen atoms in total. The molecule has 0 unspecified atom stereocenters. The summed E-state index contributed by atoms with van der Waals surface area (Å²) < 4.78 is 0. The zero-order valence-electron chi connectivity index (χ0n) is 10.6. The van der Waals surface area contributed by atoms with Crippen molar-refractivity contribution in [2.75, 3.05) is 0 Å². The Morgan fingerprint density at radius 3 is 2.41 bits per heavy atom. The topological polar surface area (TPSA) is 83.0 Å². The molecule has 0 bridgehead atoms. The molecule has 0 aliphatic carbocycles. The highest BCUT2D eigenvalue weighted by Crippen LogP contribution is 2.18. The minimum Gasteiger partial charge on any atom is -0.481 e. The standard InChI is InChI=1S/C12H18N2O3/c1-7-8(5-10(15)16)11(17)14-9(13-7)6-12(2,3)4/h5-6H2,1-4H3,(H,15,16)(H,13,14,17). The number of hydrogen-bond donors (Lipinski definition) is 2. The first-order valence-electron chi connectivity index (χ1n) is 5.49. The second-order valence-corrected chi connectivity index (χ2v) is 5.38. The second kappa shape index (κ2) is 4.69. The highest BCUT2D eigenvalue weighted by Gasteiger charge is 2.16. The molecule has 0 saturated carbocycles. The molecule has 0 aliphatic rings. The number of aryl methyl sites for hydroxylation is 1. The molecule has 0 atom stereocenters. The van der Waals surface area contributed by atoms with Gasteiger partial charge in [-0.05, 0) is 12.3 Å². The summed E-state index contributed by atoms with van der Waals surface area (Å²) >= 11 is 0. The van der Waals surface area contributed by atoms with Crippen LogP contribution in [0.15, 0.2) is 4.79 Å². The Morgan fingerprint density at radius 1 is 1.41 bits per heavy atom. The molecule has 0 spiro atoms. The van der Waals surface area contributed by atoms with Gasteiger partial charge in [0.1, 0.15) is 5.82 Å². The zero-order valence-corrected chi connectivity index (χ0v) is 10.6. The third-order valence-corrected chi connectivity index (χ3v) is 2.30. The average molecular weight is 238 g/mol. The van der Waals surface area contributed by atoms with Crippen LogP contribution in [0.5, 0.6) is 0 Å². The lowest BCUT2D eigenvalue weighted by Crippen LogP contribution is -2.23. The van der Waals surface area contributed by atoms with Crippen LogP contribution in [0.4, 0.5) is 0 Å². The minimum absolute atomic E-state index is 0.0245. The van der Waals surface area contributed by atoms with Crippen molar-refractivity contribution in [1.29, 1.82) is 0 Å². The second-order valence-electron chi connectivity index (χ2n) is 5.38. The number of carboxylic acids is 1. The number of nitrogens with zero attached hydrogens (tertiary/aromatic N) is 1. The van der Waals surface area contributed by atoms with Crippen molar-refractivity contribution in [2.24, 2.45) is 5.41 Å². The van der Waals surface area contributed by atoms with E-state index in [1.165, 1.54) is 0 Å². The third-order valence-electron chi connectivity index (χ3n) is 2.30. The van der Waals surface area contributed by atoms with Crippen molar-refractivity contribution in [3.8, 4) is 0 Å². The van der Waals surface area contributed by atoms with Crippen LogP contribution in [0.25, 0.3) is 0 Å². The largest absolute Gasteiger partial charge is 0.481 e. The maximum Gasteiger partial charge on any atom is 0.308 e. The maximum absolute atomic E-state index is 11.7. The molecule has 0 aliphatic heterocycles. The summed E-state index contributed by atoms with van der Waals surface area (Å²) in [4.78, 5) is 29.2. The van der Waals surface area contributed by atoms with Gasteiger partial charge in [0, 0.05) is 17.7 Å². The summed E-state index contributed by atoms with van der Waals surface area (Å²) in [6.07, 6.45) is 0.362. The smallest absolute Gasteiger partial charge is 0.308 e. The lowest BCUT2D eigenvalue weighted by molar-refractivity contribution is -0.136. The van der Waals surface area contributed by atoms with Gasteiger partial charge >= 0.3 is 5.97 Å². The molecule has 1 rings (SSSR count). The van der Waals surface area contributed by atoms with E-state index in [0.717, 1.165) is 0 Å². The SMILES string of the molecule is Cc1nc(CC(C)(C)C)[nH]c(=O)c1CC(=O)O. The van der Waals surface area contributed by atoms with Crippen LogP contribution in [-0.2, 0) is 17.6 Å². The van der Waals surface area contributed by atoms with Gasteiger partial charge in [-0.25, -0.2) is 4.98 Å². The van der Waals surface area contributed by atoms with E-state index in [9.17, 15) is 9.59 Å². The fourth-order valence-corrected chi connectivity index (χ4v) is 1.61. The van der Waals surface area contributed by atoms with Gasteiger partial charge in [0.25, 0.3) is 5.56 Å². The van der Waals surface area contributed by atoms with E-state index in [1.54, 1.807) is 6.92 Å². The fraction of sp³-hybridized carbons (Fsp3) is 0.583. The number of aromatic amines is 1. The van der Waals surface area contributed by atoms with E-state index < -0.39 is 5.97 Å². The molecule has 17 heavy (non-hydrogen) atoms. The molecular formula is C12H18N2O3. The molecule has 0 radical (unpaired) electrons. The first kappa shape index (κ1) is 13.4. The highest BCUT2D eigenvalue weighted by molar-refractivity contribution is 5.70. The van der Waals surface area contributed by atoms with E-state index >= 15 is 0 Å². The molecule has 0 amide bonds. The lowest BCUT2D eigenvalue weighted by atomic mass is 9.92. The predicted molar refractivity (Wildman–Crippen MR) is 64.1 cm³/mol. The molecule has 5 heteroatoms. The molecule has 1 aromatic rings. The van der Waals surface area contributed by atoms with Crippen molar-refractivity contribution >= 4 is 5.97 Å². The van der Waals surface area contributed by atoms with Gasteiger partial charge in [0.05, 0.1) is 6.42 Å². The molecule has 1 heterocycles. The summed E-state index contributed by atoms with van der Waals surface area (Å²) in [5.74, 6) is -0.418. The Bertz CT molecular complexity index is 484. The molecule has 0 fully saturated rings. The van der Waals surface area contributed by atoms with Crippen molar-refractivity contribution in [1.82, 2.24) is 9.97 Å². The Kier molecular flexibility index (Phi) is 3.70. The lowest BCUT2D eigenvalue weighted by Gasteiger charge is -2.17. The number of aromatic nitrogens is 2. The third kappa shape index (κ3) is 4.01. The van der Waals surface area contributed by atoms with E-state index in [2.05, 4.69) is 9.97 Å². The van der Waals surface area contributed by atoms with Crippen LogP contribution in [0.2, 0.25) is 0 Å².